The van der Waals surface area contributed by atoms with Crippen LogP contribution in [0.5, 0.6) is 0 Å². The van der Waals surface area contributed by atoms with E-state index < -0.39 is 0 Å². The minimum atomic E-state index is -0.222. The molecule has 4 nitrogen and oxygen atoms in total. The molecular weight excluding hydrogens is 272 g/mol. The highest BCUT2D eigenvalue weighted by atomic mass is 79.9. The first-order valence-electron chi connectivity index (χ1n) is 5.52. The smallest absolute Gasteiger partial charge is 0.176 e. The Morgan fingerprint density at radius 2 is 1.81 bits per heavy atom. The molecule has 0 N–H and O–H groups in total. The Bertz CT molecular complexity index is 333. The molecule has 0 unspecified atom stereocenters. The zero-order chi connectivity index (χ0) is 12.1. The molecule has 0 radical (unpaired) electrons. The van der Waals surface area contributed by atoms with Gasteiger partial charge in [-0.2, -0.15) is 5.10 Å². The Hall–Kier alpha value is -0.390. The third-order valence-corrected chi connectivity index (χ3v) is 3.47. The second kappa shape index (κ2) is 6.37. The van der Waals surface area contributed by atoms with Gasteiger partial charge in [0.15, 0.2) is 6.29 Å². The molecule has 1 aromatic rings. The molecule has 0 bridgehead atoms. The van der Waals surface area contributed by atoms with Crippen molar-refractivity contribution in [2.45, 2.75) is 40.5 Å². The number of hydrogen-bond donors (Lipinski definition) is 0. The van der Waals surface area contributed by atoms with Crippen LogP contribution < -0.4 is 0 Å². The number of nitrogens with zero attached hydrogens (tertiary/aromatic N) is 2. The third-order valence-electron chi connectivity index (χ3n) is 2.32. The quantitative estimate of drug-likeness (QED) is 0.756. The van der Waals surface area contributed by atoms with Crippen LogP contribution in [-0.2, 0) is 16.0 Å². The zero-order valence-corrected chi connectivity index (χ0v) is 11.9. The van der Waals surface area contributed by atoms with E-state index in [1.165, 1.54) is 0 Å². The van der Waals surface area contributed by atoms with Gasteiger partial charge in [0.1, 0.15) is 0 Å². The predicted molar refractivity (Wildman–Crippen MR) is 66.4 cm³/mol. The normalized spacial score (nSPS) is 11.4. The van der Waals surface area contributed by atoms with Gasteiger partial charge in [0.2, 0.25) is 0 Å². The number of rotatable bonds is 6. The Balaban J connectivity index is 2.72. The monoisotopic (exact) mass is 290 g/mol. The van der Waals surface area contributed by atoms with Crippen LogP contribution in [0.4, 0.5) is 0 Å². The minimum Gasteiger partial charge on any atom is -0.351 e. The van der Waals surface area contributed by atoms with Gasteiger partial charge >= 0.3 is 0 Å². The van der Waals surface area contributed by atoms with E-state index >= 15 is 0 Å². The Kier molecular flexibility index (Phi) is 5.44. The second-order valence-corrected chi connectivity index (χ2v) is 4.30. The van der Waals surface area contributed by atoms with E-state index in [0.717, 1.165) is 15.9 Å². The Morgan fingerprint density at radius 3 is 2.19 bits per heavy atom. The largest absolute Gasteiger partial charge is 0.351 e. The summed E-state index contributed by atoms with van der Waals surface area (Å²) in [5, 5.41) is 4.42. The summed E-state index contributed by atoms with van der Waals surface area (Å²) in [5.74, 6) is 0. The summed E-state index contributed by atoms with van der Waals surface area (Å²) >= 11 is 3.50. The van der Waals surface area contributed by atoms with Crippen LogP contribution in [0.2, 0.25) is 0 Å². The summed E-state index contributed by atoms with van der Waals surface area (Å²) in [5.41, 5.74) is 2.09. The molecule has 0 atom stereocenters. The van der Waals surface area contributed by atoms with Crippen LogP contribution in [-0.4, -0.2) is 29.3 Å². The molecule has 0 amide bonds. The topological polar surface area (TPSA) is 36.3 Å². The average Bonchev–Trinajstić information content (AvgIpc) is 2.47. The molecule has 0 saturated carbocycles. The molecule has 0 aliphatic heterocycles. The summed E-state index contributed by atoms with van der Waals surface area (Å²) < 4.78 is 14.0. The molecule has 0 aliphatic rings. The van der Waals surface area contributed by atoms with Gasteiger partial charge in [-0.15, -0.1) is 0 Å². The maximum Gasteiger partial charge on any atom is 0.176 e. The lowest BCUT2D eigenvalue weighted by Gasteiger charge is -2.17. The lowest BCUT2D eigenvalue weighted by Crippen LogP contribution is -2.24. The molecule has 0 spiro atoms. The lowest BCUT2D eigenvalue weighted by molar-refractivity contribution is -0.145. The summed E-state index contributed by atoms with van der Waals surface area (Å²) in [6.45, 7) is 9.84. The van der Waals surface area contributed by atoms with Crippen molar-refractivity contribution in [3.8, 4) is 0 Å². The number of ether oxygens (including phenoxy) is 2. The van der Waals surface area contributed by atoms with Crippen LogP contribution in [0.15, 0.2) is 4.47 Å². The van der Waals surface area contributed by atoms with E-state index in [-0.39, 0.29) is 6.29 Å². The van der Waals surface area contributed by atoms with Crippen molar-refractivity contribution < 1.29 is 9.47 Å². The van der Waals surface area contributed by atoms with Gasteiger partial charge in [-0.25, -0.2) is 0 Å². The highest BCUT2D eigenvalue weighted by Gasteiger charge is 2.14. The van der Waals surface area contributed by atoms with Crippen molar-refractivity contribution in [2.75, 3.05) is 13.2 Å². The maximum atomic E-state index is 5.49. The summed E-state index contributed by atoms with van der Waals surface area (Å²) in [6.07, 6.45) is -0.222. The zero-order valence-electron chi connectivity index (χ0n) is 10.3. The second-order valence-electron chi connectivity index (χ2n) is 3.51. The van der Waals surface area contributed by atoms with Gasteiger partial charge in [-0.1, -0.05) is 0 Å². The molecule has 0 fully saturated rings. The summed E-state index contributed by atoms with van der Waals surface area (Å²) in [7, 11) is 0. The first-order chi connectivity index (χ1) is 7.60. The first kappa shape index (κ1) is 13.7. The average molecular weight is 291 g/mol. The number of aromatic nitrogens is 2. The summed E-state index contributed by atoms with van der Waals surface area (Å²) in [6, 6.07) is 0. The van der Waals surface area contributed by atoms with Crippen molar-refractivity contribution in [1.29, 1.82) is 0 Å². The number of aryl methyl sites for hydroxylation is 1. The first-order valence-corrected chi connectivity index (χ1v) is 6.32. The van der Waals surface area contributed by atoms with Crippen LogP contribution in [0.1, 0.15) is 25.2 Å². The van der Waals surface area contributed by atoms with Gasteiger partial charge in [-0.3, -0.25) is 4.68 Å². The van der Waals surface area contributed by atoms with E-state index in [4.69, 9.17) is 9.47 Å². The van der Waals surface area contributed by atoms with E-state index in [1.807, 2.05) is 32.4 Å². The lowest BCUT2D eigenvalue weighted by atomic mass is 10.4. The molecule has 92 valence electrons. The molecule has 1 aromatic heterocycles. The predicted octanol–water partition coefficient (Wildman–Crippen LogP) is 2.66. The van der Waals surface area contributed by atoms with Crippen molar-refractivity contribution in [2.24, 2.45) is 0 Å². The minimum absolute atomic E-state index is 0.222. The Labute approximate surface area is 105 Å². The third kappa shape index (κ3) is 3.30. The van der Waals surface area contributed by atoms with Crippen molar-refractivity contribution in [3.63, 3.8) is 0 Å². The molecule has 1 heterocycles. The van der Waals surface area contributed by atoms with E-state index in [2.05, 4.69) is 21.0 Å². The van der Waals surface area contributed by atoms with Gasteiger partial charge < -0.3 is 9.47 Å². The summed E-state index contributed by atoms with van der Waals surface area (Å²) in [4.78, 5) is 0. The highest BCUT2D eigenvalue weighted by molar-refractivity contribution is 9.10. The van der Waals surface area contributed by atoms with Crippen LogP contribution in [0.3, 0.4) is 0 Å². The maximum absolute atomic E-state index is 5.49. The van der Waals surface area contributed by atoms with E-state index in [9.17, 15) is 0 Å². The van der Waals surface area contributed by atoms with Crippen molar-refractivity contribution in [1.82, 2.24) is 9.78 Å². The Morgan fingerprint density at radius 1 is 1.25 bits per heavy atom. The van der Waals surface area contributed by atoms with Gasteiger partial charge in [0, 0.05) is 18.9 Å². The van der Waals surface area contributed by atoms with Crippen molar-refractivity contribution in [3.05, 3.63) is 15.9 Å². The van der Waals surface area contributed by atoms with Crippen LogP contribution in [0.25, 0.3) is 0 Å². The SMILES string of the molecule is CCOC(Cn1nc(C)c(Br)c1C)OCC. The molecule has 16 heavy (non-hydrogen) atoms. The molecule has 1 rings (SSSR count). The number of halogens is 1. The highest BCUT2D eigenvalue weighted by Crippen LogP contribution is 2.20. The molecule has 0 aliphatic carbocycles. The van der Waals surface area contributed by atoms with Crippen LogP contribution in [0, 0.1) is 13.8 Å². The fraction of sp³-hybridized carbons (Fsp3) is 0.727. The van der Waals surface area contributed by atoms with E-state index in [0.29, 0.717) is 19.8 Å². The number of hydrogen-bond acceptors (Lipinski definition) is 3. The fourth-order valence-electron chi connectivity index (χ4n) is 1.52. The standard InChI is InChI=1S/C11H19BrN2O2/c1-5-15-10(16-6-2)7-14-9(4)11(12)8(3)13-14/h10H,5-7H2,1-4H3. The molecular formula is C11H19BrN2O2. The molecule has 0 aromatic carbocycles. The van der Waals surface area contributed by atoms with Gasteiger partial charge in [0.25, 0.3) is 0 Å². The van der Waals surface area contributed by atoms with Crippen molar-refractivity contribution >= 4 is 15.9 Å². The molecule has 5 heteroatoms. The molecule has 0 saturated heterocycles. The van der Waals surface area contributed by atoms with Crippen LogP contribution >= 0.6 is 15.9 Å². The van der Waals surface area contributed by atoms with Gasteiger partial charge in [0.05, 0.1) is 16.7 Å². The van der Waals surface area contributed by atoms with E-state index in [1.54, 1.807) is 0 Å². The fourth-order valence-corrected chi connectivity index (χ4v) is 1.80. The van der Waals surface area contributed by atoms with Gasteiger partial charge in [-0.05, 0) is 43.6 Å².